The summed E-state index contributed by atoms with van der Waals surface area (Å²) in [5.41, 5.74) is 4.78. The number of hydrogen-bond donors (Lipinski definition) is 1. The van der Waals surface area contributed by atoms with E-state index in [1.165, 1.54) is 11.3 Å². The summed E-state index contributed by atoms with van der Waals surface area (Å²) in [7, 11) is 0. The summed E-state index contributed by atoms with van der Waals surface area (Å²) < 4.78 is 1.07. The lowest BCUT2D eigenvalue weighted by molar-refractivity contribution is 1.01. The zero-order valence-electron chi connectivity index (χ0n) is 9.45. The molecule has 0 spiro atoms. The molecule has 4 nitrogen and oxygen atoms in total. The maximum Gasteiger partial charge on any atom is 0.248 e. The highest BCUT2D eigenvalue weighted by Crippen LogP contribution is 2.10. The third-order valence-electron chi connectivity index (χ3n) is 2.36. The number of anilines is 1. The molecular formula is C13H10N4S. The summed E-state index contributed by atoms with van der Waals surface area (Å²) in [5, 5.41) is 12.4. The summed E-state index contributed by atoms with van der Waals surface area (Å²) in [5.74, 6) is 0. The Labute approximate surface area is 108 Å². The van der Waals surface area contributed by atoms with E-state index in [9.17, 15) is 0 Å². The highest BCUT2D eigenvalue weighted by atomic mass is 32.1. The molecule has 0 atom stereocenters. The molecule has 18 heavy (non-hydrogen) atoms. The summed E-state index contributed by atoms with van der Waals surface area (Å²) in [6.07, 6.45) is 0. The smallest absolute Gasteiger partial charge is 0.248 e. The van der Waals surface area contributed by atoms with Gasteiger partial charge in [0.05, 0.1) is 10.4 Å². The molecule has 1 aromatic heterocycles. The summed E-state index contributed by atoms with van der Waals surface area (Å²) >= 11 is 1.50. The first-order valence-electron chi connectivity index (χ1n) is 5.49. The Morgan fingerprint density at radius 3 is 2.56 bits per heavy atom. The first-order chi connectivity index (χ1) is 8.92. The van der Waals surface area contributed by atoms with Gasteiger partial charge in [-0.25, -0.2) is 0 Å². The quantitative estimate of drug-likeness (QED) is 0.715. The molecule has 0 aliphatic carbocycles. The Morgan fingerprint density at radius 2 is 1.67 bits per heavy atom. The van der Waals surface area contributed by atoms with E-state index in [0.29, 0.717) is 4.80 Å². The number of nitrogens with one attached hydrogen (secondary N) is 1. The van der Waals surface area contributed by atoms with Gasteiger partial charge in [0.15, 0.2) is 0 Å². The Hall–Kier alpha value is -2.27. The normalized spacial score (nSPS) is 11.7. The molecule has 88 valence electrons. The summed E-state index contributed by atoms with van der Waals surface area (Å²) in [4.78, 5) is 0.609. The van der Waals surface area contributed by atoms with Crippen molar-refractivity contribution >= 4 is 27.2 Å². The van der Waals surface area contributed by atoms with Crippen molar-refractivity contribution in [2.24, 2.45) is 5.10 Å². The first-order valence-corrected chi connectivity index (χ1v) is 6.31. The lowest BCUT2D eigenvalue weighted by atomic mass is 10.3. The lowest BCUT2D eigenvalue weighted by Gasteiger charge is -1.97. The fourth-order valence-electron chi connectivity index (χ4n) is 1.51. The van der Waals surface area contributed by atoms with Crippen LogP contribution < -0.4 is 10.2 Å². The van der Waals surface area contributed by atoms with Crippen LogP contribution in [0, 0.1) is 0 Å². The predicted octanol–water partition coefficient (Wildman–Crippen LogP) is 2.62. The average molecular weight is 254 g/mol. The number of para-hydroxylation sites is 1. The van der Waals surface area contributed by atoms with Crippen LogP contribution in [0.2, 0.25) is 0 Å². The van der Waals surface area contributed by atoms with Crippen LogP contribution in [0.25, 0.3) is 10.2 Å². The second-order valence-corrected chi connectivity index (χ2v) is 4.65. The van der Waals surface area contributed by atoms with Crippen molar-refractivity contribution in [1.82, 2.24) is 10.2 Å². The Morgan fingerprint density at radius 1 is 0.889 bits per heavy atom. The van der Waals surface area contributed by atoms with E-state index < -0.39 is 0 Å². The van der Waals surface area contributed by atoms with Gasteiger partial charge in [-0.1, -0.05) is 41.7 Å². The van der Waals surface area contributed by atoms with Crippen LogP contribution >= 0.6 is 11.3 Å². The molecule has 0 radical (unpaired) electrons. The van der Waals surface area contributed by atoms with Gasteiger partial charge in [0.2, 0.25) is 4.80 Å². The predicted molar refractivity (Wildman–Crippen MR) is 73.0 cm³/mol. The number of hydrogen-bond acceptors (Lipinski definition) is 5. The number of benzene rings is 2. The average Bonchev–Trinajstić information content (AvgIpc) is 2.46. The Balaban J connectivity index is 1.94. The third-order valence-corrected chi connectivity index (χ3v) is 3.28. The molecular weight excluding hydrogens is 244 g/mol. The standard InChI is InChI=1S/C13H10N4S/c1-2-6-10(7-3-1)14-16-13-17-15-11-8-4-5-9-12(11)18-13/h1-9,14H/b16-13+. The molecule has 0 aliphatic rings. The first kappa shape index (κ1) is 10.9. The number of aromatic nitrogens is 2. The van der Waals surface area contributed by atoms with Crippen molar-refractivity contribution in [3.63, 3.8) is 0 Å². The number of rotatable bonds is 2. The molecule has 0 saturated heterocycles. The highest BCUT2D eigenvalue weighted by molar-refractivity contribution is 7.15. The molecule has 2 aromatic carbocycles. The van der Waals surface area contributed by atoms with Gasteiger partial charge in [0.1, 0.15) is 5.52 Å². The SMILES string of the molecule is c1ccc(N/N=c2\nnc3ccccc3s2)cc1. The largest absolute Gasteiger partial charge is 0.276 e. The van der Waals surface area contributed by atoms with Gasteiger partial charge in [-0.05, 0) is 24.3 Å². The van der Waals surface area contributed by atoms with Gasteiger partial charge in [-0.15, -0.1) is 15.3 Å². The second kappa shape index (κ2) is 4.93. The minimum atomic E-state index is 0.609. The van der Waals surface area contributed by atoms with Crippen LogP contribution in [0.3, 0.4) is 0 Å². The van der Waals surface area contributed by atoms with E-state index in [1.54, 1.807) is 0 Å². The Kier molecular flexibility index (Phi) is 2.97. The van der Waals surface area contributed by atoms with Crippen molar-refractivity contribution in [1.29, 1.82) is 0 Å². The molecule has 3 aromatic rings. The molecule has 3 rings (SSSR count). The van der Waals surface area contributed by atoms with E-state index in [1.807, 2.05) is 54.6 Å². The minimum absolute atomic E-state index is 0.609. The van der Waals surface area contributed by atoms with Gasteiger partial charge in [-0.2, -0.15) is 0 Å². The maximum atomic E-state index is 4.22. The van der Waals surface area contributed by atoms with Gasteiger partial charge in [0.25, 0.3) is 0 Å². The zero-order chi connectivity index (χ0) is 12.2. The van der Waals surface area contributed by atoms with Crippen molar-refractivity contribution < 1.29 is 0 Å². The summed E-state index contributed by atoms with van der Waals surface area (Å²) in [6.45, 7) is 0. The van der Waals surface area contributed by atoms with E-state index in [2.05, 4.69) is 20.7 Å². The molecule has 0 saturated carbocycles. The fourth-order valence-corrected chi connectivity index (χ4v) is 2.24. The second-order valence-electron chi connectivity index (χ2n) is 3.64. The monoisotopic (exact) mass is 254 g/mol. The van der Waals surface area contributed by atoms with Crippen LogP contribution in [-0.2, 0) is 0 Å². The van der Waals surface area contributed by atoms with Crippen LogP contribution in [0.15, 0.2) is 59.7 Å². The van der Waals surface area contributed by atoms with Crippen LogP contribution in [0.1, 0.15) is 0 Å². The van der Waals surface area contributed by atoms with Gasteiger partial charge < -0.3 is 0 Å². The molecule has 0 bridgehead atoms. The van der Waals surface area contributed by atoms with E-state index in [0.717, 1.165) is 15.9 Å². The van der Waals surface area contributed by atoms with Crippen molar-refractivity contribution in [2.45, 2.75) is 0 Å². The fraction of sp³-hybridized carbons (Fsp3) is 0. The van der Waals surface area contributed by atoms with Gasteiger partial charge in [-0.3, -0.25) is 5.43 Å². The van der Waals surface area contributed by atoms with Gasteiger partial charge in [0, 0.05) is 0 Å². The van der Waals surface area contributed by atoms with Crippen molar-refractivity contribution in [2.75, 3.05) is 5.43 Å². The molecule has 0 aliphatic heterocycles. The summed E-state index contributed by atoms with van der Waals surface area (Å²) in [6, 6.07) is 17.6. The van der Waals surface area contributed by atoms with Crippen LogP contribution in [0.5, 0.6) is 0 Å². The highest BCUT2D eigenvalue weighted by Gasteiger charge is 1.94. The van der Waals surface area contributed by atoms with Gasteiger partial charge >= 0.3 is 0 Å². The lowest BCUT2D eigenvalue weighted by Crippen LogP contribution is -2.08. The molecule has 0 fully saturated rings. The minimum Gasteiger partial charge on any atom is -0.276 e. The van der Waals surface area contributed by atoms with Crippen molar-refractivity contribution in [3.8, 4) is 0 Å². The molecule has 0 amide bonds. The van der Waals surface area contributed by atoms with E-state index >= 15 is 0 Å². The number of fused-ring (bicyclic) bond motifs is 1. The third kappa shape index (κ3) is 2.36. The maximum absolute atomic E-state index is 4.22. The molecule has 1 heterocycles. The van der Waals surface area contributed by atoms with E-state index in [4.69, 9.17) is 0 Å². The molecule has 5 heteroatoms. The van der Waals surface area contributed by atoms with E-state index in [-0.39, 0.29) is 0 Å². The van der Waals surface area contributed by atoms with Crippen LogP contribution in [0.4, 0.5) is 5.69 Å². The zero-order valence-corrected chi connectivity index (χ0v) is 10.3. The molecule has 1 N–H and O–H groups in total. The Bertz CT molecular complexity index is 721. The van der Waals surface area contributed by atoms with Crippen LogP contribution in [-0.4, -0.2) is 10.2 Å². The molecule has 0 unspecified atom stereocenters. The number of nitrogens with zero attached hydrogens (tertiary/aromatic N) is 3. The topological polar surface area (TPSA) is 50.2 Å². The van der Waals surface area contributed by atoms with Crippen molar-refractivity contribution in [3.05, 3.63) is 59.4 Å².